The second-order valence-corrected chi connectivity index (χ2v) is 9.10. The number of carbonyl (C=O) groups is 1. The average molecular weight is 515 g/mol. The van der Waals surface area contributed by atoms with Crippen molar-refractivity contribution >= 4 is 39.8 Å². The van der Waals surface area contributed by atoms with Gasteiger partial charge < -0.3 is 14.8 Å². The number of alkyl halides is 3. The molecular weight excluding hydrogens is 493 g/mol. The molecule has 4 rings (SSSR count). The number of thiocarbonyl (C=S) groups is 1. The van der Waals surface area contributed by atoms with Crippen LogP contribution in [0.15, 0.2) is 54.7 Å². The van der Waals surface area contributed by atoms with E-state index in [0.717, 1.165) is 27.1 Å². The van der Waals surface area contributed by atoms with Crippen LogP contribution in [0.1, 0.15) is 31.4 Å². The lowest BCUT2D eigenvalue weighted by Gasteiger charge is -2.29. The van der Waals surface area contributed by atoms with Gasteiger partial charge >= 0.3 is 6.18 Å². The van der Waals surface area contributed by atoms with Crippen LogP contribution in [0.4, 0.5) is 18.9 Å². The van der Waals surface area contributed by atoms with E-state index < -0.39 is 28.7 Å². The Kier molecular flexibility index (Phi) is 6.49. The zero-order valence-corrected chi connectivity index (χ0v) is 20.2. The fourth-order valence-electron chi connectivity index (χ4n) is 4.12. The summed E-state index contributed by atoms with van der Waals surface area (Å²) in [7, 11) is 0. The molecule has 0 spiro atoms. The van der Waals surface area contributed by atoms with Gasteiger partial charge in [0, 0.05) is 18.7 Å². The molecule has 2 aromatic carbocycles. The van der Waals surface area contributed by atoms with Crippen molar-refractivity contribution in [3.8, 4) is 11.8 Å². The molecule has 3 aromatic rings. The zero-order chi connectivity index (χ0) is 26.3. The number of amides is 1. The highest BCUT2D eigenvalue weighted by Gasteiger charge is 2.49. The number of rotatable bonds is 6. The lowest BCUT2D eigenvalue weighted by Crippen LogP contribution is -2.44. The van der Waals surface area contributed by atoms with Crippen LogP contribution in [0.5, 0.6) is 5.75 Å². The Hall–Kier alpha value is -3.91. The Morgan fingerprint density at radius 1 is 1.19 bits per heavy atom. The lowest BCUT2D eigenvalue weighted by atomic mass is 10.0. The van der Waals surface area contributed by atoms with E-state index >= 15 is 0 Å². The molecule has 1 aliphatic rings. The standard InChI is InChI=1S/C25H21F3N4O3S/c1-24(2)22(33)32(18-7-6-17(15-29)20(14-18)25(26,27)28)23(36)30(24)10-4-12-35-19-8-9-21-16(13-19)5-3-11-31(21)34/h3,5-9,11,13-14H,4,10,12H2,1-2H3. The number of fused-ring (bicyclic) bond motifs is 1. The van der Waals surface area contributed by atoms with E-state index in [1.54, 1.807) is 49.1 Å². The van der Waals surface area contributed by atoms with E-state index in [9.17, 15) is 23.2 Å². The van der Waals surface area contributed by atoms with E-state index in [1.165, 1.54) is 18.3 Å². The first-order valence-corrected chi connectivity index (χ1v) is 11.4. The predicted octanol–water partition coefficient (Wildman–Crippen LogP) is 4.54. The fourth-order valence-corrected chi connectivity index (χ4v) is 4.62. The van der Waals surface area contributed by atoms with E-state index in [1.807, 2.05) is 0 Å². The van der Waals surface area contributed by atoms with Gasteiger partial charge in [0.05, 0.1) is 34.9 Å². The van der Waals surface area contributed by atoms with Crippen LogP contribution in [0.25, 0.3) is 10.9 Å². The third-order valence-electron chi connectivity index (χ3n) is 6.04. The minimum Gasteiger partial charge on any atom is -0.618 e. The molecule has 0 atom stereocenters. The summed E-state index contributed by atoms with van der Waals surface area (Å²) in [5.41, 5.74) is -2.27. The monoisotopic (exact) mass is 514 g/mol. The van der Waals surface area contributed by atoms with Crippen LogP contribution in [0, 0.1) is 16.5 Å². The molecular formula is C25H21F3N4O3S. The van der Waals surface area contributed by atoms with Crippen LogP contribution >= 0.6 is 12.2 Å². The van der Waals surface area contributed by atoms with Crippen molar-refractivity contribution in [1.29, 1.82) is 5.26 Å². The molecule has 0 radical (unpaired) electrons. The summed E-state index contributed by atoms with van der Waals surface area (Å²) in [4.78, 5) is 15.9. The number of pyridine rings is 1. The van der Waals surface area contributed by atoms with Gasteiger partial charge in [0.15, 0.2) is 11.3 Å². The Balaban J connectivity index is 1.47. The van der Waals surface area contributed by atoms with Crippen LogP contribution in [-0.4, -0.2) is 34.6 Å². The molecule has 0 N–H and O–H groups in total. The van der Waals surface area contributed by atoms with Gasteiger partial charge in [-0.15, -0.1) is 0 Å². The average Bonchev–Trinajstić information content (AvgIpc) is 2.99. The van der Waals surface area contributed by atoms with E-state index in [-0.39, 0.29) is 17.4 Å². The number of benzene rings is 2. The molecule has 11 heteroatoms. The quantitative estimate of drug-likeness (QED) is 0.208. The molecule has 1 amide bonds. The maximum atomic E-state index is 13.4. The van der Waals surface area contributed by atoms with E-state index in [4.69, 9.17) is 22.2 Å². The minimum absolute atomic E-state index is 0.0464. The van der Waals surface area contributed by atoms with Gasteiger partial charge in [-0.25, -0.2) is 0 Å². The molecule has 0 unspecified atom stereocenters. The van der Waals surface area contributed by atoms with Crippen molar-refractivity contribution in [1.82, 2.24) is 4.90 Å². The molecule has 1 aliphatic heterocycles. The predicted molar refractivity (Wildman–Crippen MR) is 130 cm³/mol. The number of nitrogens with zero attached hydrogens (tertiary/aromatic N) is 4. The van der Waals surface area contributed by atoms with Crippen LogP contribution < -0.4 is 14.4 Å². The van der Waals surface area contributed by atoms with Crippen molar-refractivity contribution in [3.63, 3.8) is 0 Å². The van der Waals surface area contributed by atoms with Crippen LogP contribution in [0.2, 0.25) is 0 Å². The zero-order valence-electron chi connectivity index (χ0n) is 19.4. The summed E-state index contributed by atoms with van der Waals surface area (Å²) >= 11 is 5.49. The molecule has 1 saturated heterocycles. The number of carbonyl (C=O) groups excluding carboxylic acids is 1. The van der Waals surface area contributed by atoms with Crippen molar-refractivity contribution in [2.45, 2.75) is 32.0 Å². The Bertz CT molecular complexity index is 1400. The minimum atomic E-state index is -4.76. The van der Waals surface area contributed by atoms with Crippen molar-refractivity contribution in [2.75, 3.05) is 18.1 Å². The van der Waals surface area contributed by atoms with Gasteiger partial charge in [-0.2, -0.15) is 23.2 Å². The first-order chi connectivity index (χ1) is 16.9. The van der Waals surface area contributed by atoms with Crippen LogP contribution in [-0.2, 0) is 11.0 Å². The molecule has 7 nitrogen and oxygen atoms in total. The molecule has 36 heavy (non-hydrogen) atoms. The number of ether oxygens (including phenoxy) is 1. The Morgan fingerprint density at radius 2 is 1.94 bits per heavy atom. The molecule has 0 aliphatic carbocycles. The number of anilines is 1. The summed E-state index contributed by atoms with van der Waals surface area (Å²) in [6, 6.07) is 13.2. The van der Waals surface area contributed by atoms with Crippen LogP contribution in [0.3, 0.4) is 0 Å². The second-order valence-electron chi connectivity index (χ2n) is 8.73. The number of nitriles is 1. The van der Waals surface area contributed by atoms with E-state index in [0.29, 0.717) is 24.2 Å². The highest BCUT2D eigenvalue weighted by Crippen LogP contribution is 2.37. The summed E-state index contributed by atoms with van der Waals surface area (Å²) < 4.78 is 46.9. The SMILES string of the molecule is CC1(C)C(=O)N(c2ccc(C#N)c(C(F)(F)F)c2)C(=S)N1CCCOc1ccc2c(ccc[n+]2[O-])c1. The summed E-state index contributed by atoms with van der Waals surface area (Å²) in [6.45, 7) is 3.91. The number of hydrogen-bond acceptors (Lipinski definition) is 5. The summed E-state index contributed by atoms with van der Waals surface area (Å²) in [5, 5.41) is 21.7. The maximum absolute atomic E-state index is 13.4. The molecule has 186 valence electrons. The van der Waals surface area contributed by atoms with Gasteiger partial charge in [0.1, 0.15) is 11.3 Å². The molecule has 0 saturated carbocycles. The molecule has 0 bridgehead atoms. The number of halogens is 3. The highest BCUT2D eigenvalue weighted by molar-refractivity contribution is 7.80. The third kappa shape index (κ3) is 4.52. The van der Waals surface area contributed by atoms with Gasteiger partial charge in [-0.05, 0) is 68.9 Å². The smallest absolute Gasteiger partial charge is 0.417 e. The first kappa shape index (κ1) is 25.2. The van der Waals surface area contributed by atoms with Crippen molar-refractivity contribution in [2.24, 2.45) is 0 Å². The first-order valence-electron chi connectivity index (χ1n) is 11.0. The Morgan fingerprint density at radius 3 is 2.64 bits per heavy atom. The number of hydrogen-bond donors (Lipinski definition) is 0. The van der Waals surface area contributed by atoms with Gasteiger partial charge in [0.2, 0.25) is 5.52 Å². The maximum Gasteiger partial charge on any atom is 0.417 e. The van der Waals surface area contributed by atoms with Crippen molar-refractivity contribution in [3.05, 3.63) is 71.1 Å². The highest BCUT2D eigenvalue weighted by atomic mass is 32.1. The molecule has 2 heterocycles. The molecule has 1 fully saturated rings. The second kappa shape index (κ2) is 9.28. The topological polar surface area (TPSA) is 83.5 Å². The fraction of sp³-hybridized carbons (Fsp3) is 0.280. The largest absolute Gasteiger partial charge is 0.618 e. The number of aromatic nitrogens is 1. The van der Waals surface area contributed by atoms with Gasteiger partial charge in [0.25, 0.3) is 5.91 Å². The third-order valence-corrected chi connectivity index (χ3v) is 6.44. The van der Waals surface area contributed by atoms with Crippen molar-refractivity contribution < 1.29 is 27.4 Å². The van der Waals surface area contributed by atoms with Gasteiger partial charge in [-0.1, -0.05) is 0 Å². The Labute approximate surface area is 210 Å². The summed E-state index contributed by atoms with van der Waals surface area (Å²) in [6.07, 6.45) is -2.87. The van der Waals surface area contributed by atoms with Gasteiger partial charge in [-0.3, -0.25) is 9.69 Å². The summed E-state index contributed by atoms with van der Waals surface area (Å²) in [5.74, 6) is 0.110. The van der Waals surface area contributed by atoms with E-state index in [2.05, 4.69) is 0 Å². The lowest BCUT2D eigenvalue weighted by molar-refractivity contribution is -0.577. The molecule has 1 aromatic heterocycles. The normalized spacial score (nSPS) is 15.4.